The number of alkyl halides is 3. The van der Waals surface area contributed by atoms with Gasteiger partial charge in [0, 0.05) is 27.7 Å². The number of aromatic nitrogens is 2. The Labute approximate surface area is 236 Å². The molecule has 5 rings (SSSR count). The van der Waals surface area contributed by atoms with Crippen LogP contribution in [0.25, 0.3) is 22.2 Å². The Balaban J connectivity index is 1.61. The van der Waals surface area contributed by atoms with Gasteiger partial charge in [0.25, 0.3) is 5.91 Å². The van der Waals surface area contributed by atoms with Crippen molar-refractivity contribution in [1.82, 2.24) is 15.3 Å². The van der Waals surface area contributed by atoms with E-state index < -0.39 is 47.1 Å². The highest BCUT2D eigenvalue weighted by atomic mass is 19.4. The molecule has 0 saturated heterocycles. The fourth-order valence-corrected chi connectivity index (χ4v) is 4.96. The van der Waals surface area contributed by atoms with E-state index in [4.69, 9.17) is 15.2 Å². The zero-order valence-corrected chi connectivity index (χ0v) is 22.6. The number of carbonyl (C=O) groups excluding carboxylic acids is 2. The van der Waals surface area contributed by atoms with Crippen LogP contribution >= 0.6 is 0 Å². The fraction of sp³-hybridized carbons (Fsp3) is 0.276. The smallest absolute Gasteiger partial charge is 0.424 e. The number of halogens is 4. The summed E-state index contributed by atoms with van der Waals surface area (Å²) in [5, 5.41) is 13.8. The van der Waals surface area contributed by atoms with Gasteiger partial charge in [-0.15, -0.1) is 0 Å². The molecule has 0 fully saturated rings. The van der Waals surface area contributed by atoms with Crippen molar-refractivity contribution in [3.8, 4) is 22.8 Å². The number of pyridine rings is 1. The van der Waals surface area contributed by atoms with Gasteiger partial charge in [-0.05, 0) is 62.4 Å². The number of fused-ring (bicyclic) bond motifs is 2. The number of hydrogen-bond donors (Lipinski definition) is 4. The Bertz CT molecular complexity index is 1720. The Kier molecular flexibility index (Phi) is 6.88. The lowest BCUT2D eigenvalue weighted by molar-refractivity contribution is -0.265. The highest BCUT2D eigenvalue weighted by Crippen LogP contribution is 2.47. The first-order valence-corrected chi connectivity index (χ1v) is 12.7. The minimum atomic E-state index is -5.34. The van der Waals surface area contributed by atoms with Gasteiger partial charge >= 0.3 is 6.18 Å². The first-order valence-electron chi connectivity index (χ1n) is 12.7. The molecule has 0 bridgehead atoms. The van der Waals surface area contributed by atoms with Crippen molar-refractivity contribution in [3.63, 3.8) is 0 Å². The topological polar surface area (TPSA) is 140 Å². The molecule has 0 spiro atoms. The van der Waals surface area contributed by atoms with Crippen LogP contribution in [0.4, 0.5) is 17.6 Å². The van der Waals surface area contributed by atoms with Gasteiger partial charge in [-0.3, -0.25) is 9.59 Å². The number of carbonyl (C=O) groups is 2. The van der Waals surface area contributed by atoms with Gasteiger partial charge in [-0.25, -0.2) is 9.37 Å². The van der Waals surface area contributed by atoms with Crippen molar-refractivity contribution >= 4 is 22.7 Å². The number of aromatic amines is 1. The maximum Gasteiger partial charge on any atom is 0.424 e. The number of aryl methyl sites for hydroxylation is 1. The summed E-state index contributed by atoms with van der Waals surface area (Å²) in [6.45, 7) is 1.36. The van der Waals surface area contributed by atoms with E-state index in [0.717, 1.165) is 18.2 Å². The highest BCUT2D eigenvalue weighted by molar-refractivity contribution is 6.08. The third kappa shape index (κ3) is 4.59. The summed E-state index contributed by atoms with van der Waals surface area (Å²) in [5.74, 6) is -1.96. The number of nitrogens with one attached hydrogen (secondary N) is 2. The molecule has 3 heterocycles. The normalized spacial score (nSPS) is 17.8. The van der Waals surface area contributed by atoms with E-state index in [1.54, 1.807) is 25.1 Å². The van der Waals surface area contributed by atoms with E-state index in [1.165, 1.54) is 26.2 Å². The van der Waals surface area contributed by atoms with Crippen LogP contribution in [-0.2, 0) is 15.8 Å². The van der Waals surface area contributed by atoms with Gasteiger partial charge in [0.05, 0.1) is 24.9 Å². The summed E-state index contributed by atoms with van der Waals surface area (Å²) in [5.41, 5.74) is 0.375. The molecule has 1 unspecified atom stereocenters. The summed E-state index contributed by atoms with van der Waals surface area (Å²) >= 11 is 0. The number of ether oxygens (including phenoxy) is 2. The van der Waals surface area contributed by atoms with E-state index in [1.807, 2.05) is 0 Å². The second-order valence-corrected chi connectivity index (χ2v) is 10.3. The highest BCUT2D eigenvalue weighted by Gasteiger charge is 2.57. The maximum atomic E-state index is 14.7. The molecule has 1 aliphatic rings. The lowest BCUT2D eigenvalue weighted by atomic mass is 9.81. The fourth-order valence-electron chi connectivity index (χ4n) is 4.96. The van der Waals surface area contributed by atoms with E-state index >= 15 is 0 Å². The third-order valence-corrected chi connectivity index (χ3v) is 7.55. The quantitative estimate of drug-likeness (QED) is 0.242. The molecule has 220 valence electrons. The Morgan fingerprint density at radius 1 is 1.19 bits per heavy atom. The standard InChI is InChI=1S/C29H26F4N4O5/c1-14-22(18-10-17(41-3)8-9-20(18)36-14)25(38)35-12-28(40,29(31,32)33)21-11-19-24(42-13-27(19,2)26(34)39)23(37-21)15-4-6-16(30)7-5-15/h4-11,36,40H,12-13H2,1-3H3,(H2,34,39)(H,35,38)/t27-,28?/m0/s1. The van der Waals surface area contributed by atoms with Crippen molar-refractivity contribution in [1.29, 1.82) is 0 Å². The average Bonchev–Trinajstić information content (AvgIpc) is 3.47. The van der Waals surface area contributed by atoms with Crippen molar-refractivity contribution in [2.24, 2.45) is 5.73 Å². The number of aliphatic hydroxyl groups is 1. The largest absolute Gasteiger partial charge is 0.497 e. The van der Waals surface area contributed by atoms with Crippen LogP contribution < -0.4 is 20.5 Å². The number of methoxy groups -OCH3 is 1. The van der Waals surface area contributed by atoms with Crippen molar-refractivity contribution in [3.05, 3.63) is 76.9 Å². The number of benzene rings is 2. The first-order chi connectivity index (χ1) is 19.7. The second-order valence-electron chi connectivity index (χ2n) is 10.3. The van der Waals surface area contributed by atoms with Gasteiger partial charge in [-0.1, -0.05) is 0 Å². The molecule has 2 amide bonds. The van der Waals surface area contributed by atoms with E-state index in [-0.39, 0.29) is 34.7 Å². The number of H-pyrrole nitrogens is 1. The molecule has 5 N–H and O–H groups in total. The maximum absolute atomic E-state index is 14.7. The SMILES string of the molecule is COc1ccc2[nH]c(C)c(C(=O)NCC(O)(c3cc4c(c(-c5ccc(F)cc5)n3)OC[C@]4(C)C(N)=O)C(F)(F)F)c2c1. The number of primary amides is 1. The van der Waals surface area contributed by atoms with E-state index in [0.29, 0.717) is 22.3 Å². The second kappa shape index (κ2) is 10.0. The Morgan fingerprint density at radius 3 is 2.50 bits per heavy atom. The number of nitrogens with zero attached hydrogens (tertiary/aromatic N) is 1. The average molecular weight is 587 g/mol. The molecular formula is C29H26F4N4O5. The van der Waals surface area contributed by atoms with Gasteiger partial charge in [0.2, 0.25) is 11.5 Å². The van der Waals surface area contributed by atoms with Gasteiger partial charge in [0.15, 0.2) is 0 Å². The van der Waals surface area contributed by atoms with Crippen LogP contribution in [0, 0.1) is 12.7 Å². The molecule has 2 atom stereocenters. The van der Waals surface area contributed by atoms with E-state index in [2.05, 4.69) is 15.3 Å². The summed E-state index contributed by atoms with van der Waals surface area (Å²) in [7, 11) is 1.43. The monoisotopic (exact) mass is 586 g/mol. The predicted molar refractivity (Wildman–Crippen MR) is 144 cm³/mol. The molecule has 0 saturated carbocycles. The van der Waals surface area contributed by atoms with Gasteiger partial charge < -0.3 is 30.6 Å². The lowest BCUT2D eigenvalue weighted by Crippen LogP contribution is -2.52. The van der Waals surface area contributed by atoms with E-state index in [9.17, 15) is 32.3 Å². The third-order valence-electron chi connectivity index (χ3n) is 7.55. The first kappa shape index (κ1) is 28.9. The summed E-state index contributed by atoms with van der Waals surface area (Å²) < 4.78 is 68.5. The van der Waals surface area contributed by atoms with Crippen LogP contribution in [0.5, 0.6) is 11.5 Å². The van der Waals surface area contributed by atoms with Crippen LogP contribution in [-0.4, -0.2) is 53.3 Å². The predicted octanol–water partition coefficient (Wildman–Crippen LogP) is 4.00. The molecule has 0 aliphatic carbocycles. The van der Waals surface area contributed by atoms with Crippen molar-refractivity contribution in [2.45, 2.75) is 31.0 Å². The van der Waals surface area contributed by atoms with Crippen LogP contribution in [0.2, 0.25) is 0 Å². The Morgan fingerprint density at radius 2 is 1.88 bits per heavy atom. The van der Waals surface area contributed by atoms with Crippen molar-refractivity contribution < 1.29 is 41.7 Å². The number of rotatable bonds is 7. The minimum Gasteiger partial charge on any atom is -0.497 e. The molecule has 4 aromatic rings. The summed E-state index contributed by atoms with van der Waals surface area (Å²) in [6, 6.07) is 10.5. The zero-order valence-electron chi connectivity index (χ0n) is 22.6. The molecule has 9 nitrogen and oxygen atoms in total. The number of hydrogen-bond acceptors (Lipinski definition) is 6. The van der Waals surface area contributed by atoms with Crippen molar-refractivity contribution in [2.75, 3.05) is 20.3 Å². The van der Waals surface area contributed by atoms with Gasteiger partial charge in [-0.2, -0.15) is 13.2 Å². The van der Waals surface area contributed by atoms with Crippen LogP contribution in [0.15, 0.2) is 48.5 Å². The molecule has 0 radical (unpaired) electrons. The van der Waals surface area contributed by atoms with Crippen LogP contribution in [0.3, 0.4) is 0 Å². The number of nitrogens with two attached hydrogens (primary N) is 1. The number of amides is 2. The summed E-state index contributed by atoms with van der Waals surface area (Å²) in [6.07, 6.45) is -5.34. The molecule has 13 heteroatoms. The Hall–Kier alpha value is -4.65. The van der Waals surface area contributed by atoms with Gasteiger partial charge in [0.1, 0.15) is 35.0 Å². The molecule has 2 aromatic heterocycles. The molecule has 1 aliphatic heterocycles. The minimum absolute atomic E-state index is 0.0245. The van der Waals surface area contributed by atoms with Crippen LogP contribution in [0.1, 0.15) is 34.2 Å². The summed E-state index contributed by atoms with van der Waals surface area (Å²) in [4.78, 5) is 32.7. The molecule has 2 aromatic carbocycles. The lowest BCUT2D eigenvalue weighted by Gasteiger charge is -2.31. The molecular weight excluding hydrogens is 560 g/mol. The molecule has 42 heavy (non-hydrogen) atoms. The zero-order chi connectivity index (χ0) is 30.6.